The number of hydrogen-bond acceptors (Lipinski definition) is 6. The van der Waals surface area contributed by atoms with E-state index < -0.39 is 32.6 Å². The van der Waals surface area contributed by atoms with Gasteiger partial charge in [-0.1, -0.05) is 17.2 Å². The van der Waals surface area contributed by atoms with E-state index in [2.05, 4.69) is 9.71 Å². The molecule has 0 aromatic heterocycles. The molecule has 38 heavy (non-hydrogen) atoms. The molecule has 0 amide bonds. The Morgan fingerprint density at radius 2 is 1.92 bits per heavy atom. The molecule has 0 saturated carbocycles. The van der Waals surface area contributed by atoms with Crippen LogP contribution in [0.2, 0.25) is 5.02 Å². The van der Waals surface area contributed by atoms with Crippen molar-refractivity contribution >= 4 is 33.8 Å². The number of carbonyl (C=O) groups excluding carboxylic acids is 1. The number of ether oxygens (including phenoxy) is 2. The van der Waals surface area contributed by atoms with Crippen LogP contribution in [0.1, 0.15) is 51.9 Å². The second-order valence-electron chi connectivity index (χ2n) is 9.21. The molecule has 11 heteroatoms. The summed E-state index contributed by atoms with van der Waals surface area (Å²) in [5, 5.41) is -0.213. The average Bonchev–Trinajstić information content (AvgIpc) is 3.09. The largest absolute Gasteiger partial charge is 0.466 e. The molecule has 1 aliphatic carbocycles. The molecule has 204 valence electrons. The molecule has 2 aromatic rings. The third kappa shape index (κ3) is 6.98. The number of hydrogen-bond donors (Lipinski definition) is 1. The molecule has 2 aliphatic rings. The number of rotatable bonds is 9. The normalized spacial score (nSPS) is 19.6. The van der Waals surface area contributed by atoms with Gasteiger partial charge >= 0.3 is 5.97 Å². The number of aliphatic imine (C=N–C) groups is 1. The first kappa shape index (κ1) is 28.2. The molecule has 1 heterocycles. The Morgan fingerprint density at radius 3 is 2.66 bits per heavy atom. The van der Waals surface area contributed by atoms with Crippen LogP contribution in [0.25, 0.3) is 0 Å². The zero-order valence-corrected chi connectivity index (χ0v) is 22.5. The number of nitrogens with one attached hydrogen (secondary N) is 1. The lowest BCUT2D eigenvalue weighted by Crippen LogP contribution is -2.38. The maximum Gasteiger partial charge on any atom is 0.305 e. The zero-order valence-electron chi connectivity index (χ0n) is 20.9. The Kier molecular flexibility index (Phi) is 9.17. The van der Waals surface area contributed by atoms with Crippen molar-refractivity contribution in [3.8, 4) is 11.5 Å². The second kappa shape index (κ2) is 12.4. The van der Waals surface area contributed by atoms with Gasteiger partial charge in [-0.3, -0.25) is 9.79 Å². The highest BCUT2D eigenvalue weighted by molar-refractivity contribution is 7.89. The number of allylic oxidation sites excluding steroid dienone is 1. The van der Waals surface area contributed by atoms with E-state index in [-0.39, 0.29) is 35.0 Å². The Labute approximate surface area is 225 Å². The minimum Gasteiger partial charge on any atom is -0.466 e. The van der Waals surface area contributed by atoms with Gasteiger partial charge in [0.05, 0.1) is 17.7 Å². The minimum absolute atomic E-state index is 0.0561. The van der Waals surface area contributed by atoms with Gasteiger partial charge < -0.3 is 9.47 Å². The van der Waals surface area contributed by atoms with Crippen LogP contribution in [0.5, 0.6) is 11.5 Å². The monoisotopic (exact) mass is 566 g/mol. The first-order valence-electron chi connectivity index (χ1n) is 12.5. The van der Waals surface area contributed by atoms with E-state index in [0.29, 0.717) is 19.4 Å². The quantitative estimate of drug-likeness (QED) is 0.369. The predicted molar refractivity (Wildman–Crippen MR) is 140 cm³/mol. The third-order valence-corrected chi connectivity index (χ3v) is 8.50. The summed E-state index contributed by atoms with van der Waals surface area (Å²) in [4.78, 5) is 15.9. The Morgan fingerprint density at radius 1 is 1.16 bits per heavy atom. The van der Waals surface area contributed by atoms with Crippen LogP contribution in [0, 0.1) is 11.6 Å². The van der Waals surface area contributed by atoms with Crippen molar-refractivity contribution in [2.75, 3.05) is 6.61 Å². The van der Waals surface area contributed by atoms with Gasteiger partial charge in [0.1, 0.15) is 16.5 Å². The van der Waals surface area contributed by atoms with Crippen LogP contribution < -0.4 is 9.46 Å². The Bertz CT molecular complexity index is 1350. The van der Waals surface area contributed by atoms with Crippen molar-refractivity contribution in [1.82, 2.24) is 4.72 Å². The average molecular weight is 567 g/mol. The van der Waals surface area contributed by atoms with Gasteiger partial charge in [-0.25, -0.2) is 21.9 Å². The number of esters is 1. The molecule has 2 atom stereocenters. The van der Waals surface area contributed by atoms with Gasteiger partial charge in [-0.05, 0) is 81.4 Å². The molecule has 2 unspecified atom stereocenters. The standard InChI is InChI=1S/C27H29ClF2N2O5S/c1-2-36-27(33)13-10-19-9-6-17-4-3-5-24(21(17)16-31-19)32-38(34,35)26-15-23(30)25(14-22(26)28)37-20-11-7-18(29)8-12-20/h7-8,11-12,14-16,19,24,32H,2-6,9-10,13H2,1H3. The highest BCUT2D eigenvalue weighted by Crippen LogP contribution is 2.35. The van der Waals surface area contributed by atoms with Crippen LogP contribution in [-0.2, 0) is 19.6 Å². The lowest BCUT2D eigenvalue weighted by atomic mass is 9.86. The van der Waals surface area contributed by atoms with Crippen molar-refractivity contribution < 1.29 is 31.5 Å². The Balaban J connectivity index is 1.49. The summed E-state index contributed by atoms with van der Waals surface area (Å²) in [7, 11) is -4.20. The summed E-state index contributed by atoms with van der Waals surface area (Å²) in [6.07, 6.45) is 6.27. The number of benzene rings is 2. The fraction of sp³-hybridized carbons (Fsp3) is 0.407. The van der Waals surface area contributed by atoms with E-state index in [0.717, 1.165) is 61.1 Å². The molecule has 1 N–H and O–H groups in total. The van der Waals surface area contributed by atoms with Gasteiger partial charge in [-0.15, -0.1) is 0 Å². The molecule has 2 aromatic carbocycles. The summed E-state index contributed by atoms with van der Waals surface area (Å²) in [5.74, 6) is -1.77. The van der Waals surface area contributed by atoms with Crippen LogP contribution in [0.15, 0.2) is 57.4 Å². The van der Waals surface area contributed by atoms with E-state index in [9.17, 15) is 22.0 Å². The molecule has 0 fully saturated rings. The summed E-state index contributed by atoms with van der Waals surface area (Å²) >= 11 is 6.26. The van der Waals surface area contributed by atoms with E-state index in [1.165, 1.54) is 12.1 Å². The predicted octanol–water partition coefficient (Wildman–Crippen LogP) is 6.11. The molecule has 0 spiro atoms. The van der Waals surface area contributed by atoms with Gasteiger partial charge in [0.2, 0.25) is 10.0 Å². The summed E-state index contributed by atoms with van der Waals surface area (Å²) < 4.78 is 67.6. The fourth-order valence-corrected chi connectivity index (χ4v) is 6.43. The van der Waals surface area contributed by atoms with E-state index in [4.69, 9.17) is 21.1 Å². The van der Waals surface area contributed by atoms with Crippen LogP contribution in [-0.4, -0.2) is 39.3 Å². The van der Waals surface area contributed by atoms with E-state index in [1.54, 1.807) is 13.1 Å². The highest BCUT2D eigenvalue weighted by Gasteiger charge is 2.30. The van der Waals surface area contributed by atoms with Crippen molar-refractivity contribution in [3.63, 3.8) is 0 Å². The van der Waals surface area contributed by atoms with Gasteiger partial charge in [0.25, 0.3) is 0 Å². The van der Waals surface area contributed by atoms with Crippen molar-refractivity contribution in [1.29, 1.82) is 0 Å². The second-order valence-corrected chi connectivity index (χ2v) is 11.3. The summed E-state index contributed by atoms with van der Waals surface area (Å²) in [6, 6.07) is 6.26. The van der Waals surface area contributed by atoms with Crippen molar-refractivity contribution in [2.45, 2.75) is 68.8 Å². The Hall–Kier alpha value is -2.82. The van der Waals surface area contributed by atoms with Crippen LogP contribution >= 0.6 is 11.6 Å². The molecular formula is C27H29ClF2N2O5S. The lowest BCUT2D eigenvalue weighted by molar-refractivity contribution is -0.143. The maximum absolute atomic E-state index is 14.8. The topological polar surface area (TPSA) is 94.1 Å². The lowest BCUT2D eigenvalue weighted by Gasteiger charge is -2.27. The van der Waals surface area contributed by atoms with Gasteiger partial charge in [-0.2, -0.15) is 0 Å². The minimum atomic E-state index is -4.20. The van der Waals surface area contributed by atoms with Gasteiger partial charge in [0.15, 0.2) is 11.6 Å². The summed E-state index contributed by atoms with van der Waals surface area (Å²) in [5.41, 5.74) is 1.94. The number of halogens is 3. The van der Waals surface area contributed by atoms with E-state index in [1.807, 2.05) is 0 Å². The summed E-state index contributed by atoms with van der Waals surface area (Å²) in [6.45, 7) is 2.10. The molecule has 1 aliphatic heterocycles. The van der Waals surface area contributed by atoms with E-state index >= 15 is 0 Å². The van der Waals surface area contributed by atoms with Gasteiger partial charge in [0, 0.05) is 24.7 Å². The molecule has 0 bridgehead atoms. The number of nitrogens with zero attached hydrogens (tertiary/aromatic N) is 1. The van der Waals surface area contributed by atoms with Crippen LogP contribution in [0.4, 0.5) is 8.78 Å². The van der Waals surface area contributed by atoms with Crippen molar-refractivity contribution in [3.05, 3.63) is 64.2 Å². The SMILES string of the molecule is CCOC(=O)CCC1CCC2=C(C=N1)C(NS(=O)(=O)c1cc(F)c(Oc3ccc(F)cc3)cc1Cl)CCC2. The first-order valence-corrected chi connectivity index (χ1v) is 14.4. The molecule has 0 radical (unpaired) electrons. The third-order valence-electron chi connectivity index (χ3n) is 6.56. The molecule has 4 rings (SSSR count). The highest BCUT2D eigenvalue weighted by atomic mass is 35.5. The number of carbonyl (C=O) groups is 1. The van der Waals surface area contributed by atoms with Crippen LogP contribution in [0.3, 0.4) is 0 Å². The smallest absolute Gasteiger partial charge is 0.305 e. The molecular weight excluding hydrogens is 538 g/mol. The van der Waals surface area contributed by atoms with Crippen molar-refractivity contribution in [2.24, 2.45) is 4.99 Å². The zero-order chi connectivity index (χ0) is 27.3. The first-order chi connectivity index (χ1) is 18.2. The number of sulfonamides is 1. The fourth-order valence-electron chi connectivity index (χ4n) is 4.65. The molecule has 7 nitrogen and oxygen atoms in total. The molecule has 0 saturated heterocycles. The maximum atomic E-state index is 14.8.